The third-order valence-electron chi connectivity index (χ3n) is 8.60. The van der Waals surface area contributed by atoms with Gasteiger partial charge in [0.1, 0.15) is 4.90 Å². The molecule has 0 unspecified atom stereocenters. The number of sulfonamides is 1. The van der Waals surface area contributed by atoms with E-state index < -0.39 is 16.0 Å². The van der Waals surface area contributed by atoms with E-state index in [4.69, 9.17) is 0 Å². The van der Waals surface area contributed by atoms with Crippen LogP contribution in [-0.4, -0.2) is 75.1 Å². The zero-order valence-corrected chi connectivity index (χ0v) is 23.1. The van der Waals surface area contributed by atoms with Crippen LogP contribution in [0.5, 0.6) is 0 Å². The van der Waals surface area contributed by atoms with Crippen LogP contribution in [0, 0.1) is 5.92 Å². The molecule has 9 heteroatoms. The van der Waals surface area contributed by atoms with Crippen molar-refractivity contribution in [3.05, 3.63) is 53.1 Å². The molecule has 0 spiro atoms. The summed E-state index contributed by atoms with van der Waals surface area (Å²) >= 11 is 0. The molecule has 3 aliphatic rings. The maximum Gasteiger partial charge on any atom is 0.338 e. The summed E-state index contributed by atoms with van der Waals surface area (Å²) in [6.45, 7) is 5.25. The van der Waals surface area contributed by atoms with Gasteiger partial charge in [0, 0.05) is 12.6 Å². The lowest BCUT2D eigenvalue weighted by Crippen LogP contribution is -2.47. The molecule has 2 aliphatic heterocycles. The van der Waals surface area contributed by atoms with Gasteiger partial charge in [0.2, 0.25) is 0 Å². The molecule has 2 aromatic rings. The van der Waals surface area contributed by atoms with E-state index in [1.165, 1.54) is 25.9 Å². The zero-order chi connectivity index (χ0) is 26.7. The first-order valence-corrected chi connectivity index (χ1v) is 15.5. The number of rotatable bonds is 8. The number of nitrogens with one attached hydrogen (secondary N) is 2. The first-order valence-electron chi connectivity index (χ1n) is 14.0. The number of carboxylic acid groups (broad SMARTS) is 1. The van der Waals surface area contributed by atoms with Crippen LogP contribution in [0.1, 0.15) is 60.0 Å². The summed E-state index contributed by atoms with van der Waals surface area (Å²) in [6.07, 6.45) is 8.10. The van der Waals surface area contributed by atoms with E-state index in [-0.39, 0.29) is 16.1 Å². The zero-order valence-electron chi connectivity index (χ0n) is 22.3. The largest absolute Gasteiger partial charge is 0.478 e. The van der Waals surface area contributed by atoms with Crippen LogP contribution in [0.2, 0.25) is 0 Å². The normalized spacial score (nSPS) is 20.1. The van der Waals surface area contributed by atoms with Crippen molar-refractivity contribution in [2.75, 3.05) is 49.8 Å². The van der Waals surface area contributed by atoms with E-state index in [2.05, 4.69) is 26.9 Å². The molecule has 0 aromatic heterocycles. The molecule has 0 saturated carbocycles. The highest BCUT2D eigenvalue weighted by atomic mass is 32.2. The second kappa shape index (κ2) is 11.6. The topological polar surface area (TPSA) is 102 Å². The predicted octanol–water partition coefficient (Wildman–Crippen LogP) is 4.28. The van der Waals surface area contributed by atoms with Crippen molar-refractivity contribution < 1.29 is 18.3 Å². The molecule has 2 saturated heterocycles. The third-order valence-corrected chi connectivity index (χ3v) is 10.0. The Balaban J connectivity index is 1.25. The Labute approximate surface area is 226 Å². The average molecular weight is 541 g/mol. The van der Waals surface area contributed by atoms with Crippen LogP contribution in [0.4, 0.5) is 11.4 Å². The number of likely N-dealkylation sites (tertiary alicyclic amines) is 2. The van der Waals surface area contributed by atoms with Gasteiger partial charge in [-0.25, -0.2) is 13.2 Å². The number of hydrogen-bond donors (Lipinski definition) is 3. The standard InChI is InChI=1S/C29H40N4O4S/c1-32-16-14-23(15-17-32)33-18-12-21(13-19-33)20-30-25-8-4-5-9-27(25)38(36,37)31-26-11-10-22-6-2-3-7-24(22)28(26)29(34)35/h4-5,8-11,21,23,30-31H,2-3,6-7,12-20H2,1H3,(H,34,35). The van der Waals surface area contributed by atoms with Gasteiger partial charge in [0.25, 0.3) is 10.0 Å². The smallest absolute Gasteiger partial charge is 0.338 e. The van der Waals surface area contributed by atoms with E-state index in [1.54, 1.807) is 24.3 Å². The Morgan fingerprint density at radius 2 is 1.66 bits per heavy atom. The lowest BCUT2D eigenvalue weighted by Gasteiger charge is -2.41. The van der Waals surface area contributed by atoms with Crippen molar-refractivity contribution in [2.45, 2.75) is 62.3 Å². The predicted molar refractivity (Wildman–Crippen MR) is 151 cm³/mol. The average Bonchev–Trinajstić information content (AvgIpc) is 2.92. The van der Waals surface area contributed by atoms with Crippen LogP contribution in [0.25, 0.3) is 0 Å². The van der Waals surface area contributed by atoms with Gasteiger partial charge in [-0.2, -0.15) is 0 Å². The van der Waals surface area contributed by atoms with Crippen molar-refractivity contribution in [1.82, 2.24) is 9.80 Å². The first kappa shape index (κ1) is 27.0. The fourth-order valence-electron chi connectivity index (χ4n) is 6.34. The first-order chi connectivity index (χ1) is 18.3. The Bertz CT molecular complexity index is 1250. The maximum absolute atomic E-state index is 13.5. The van der Waals surface area contributed by atoms with Crippen molar-refractivity contribution in [1.29, 1.82) is 0 Å². The SMILES string of the molecule is CN1CCC(N2CCC(CNc3ccccc3S(=O)(=O)Nc3ccc4c(c3C(=O)O)CCCC4)CC2)CC1. The molecule has 2 fully saturated rings. The number of fused-ring (bicyclic) bond motifs is 1. The number of para-hydroxylation sites is 1. The minimum Gasteiger partial charge on any atom is -0.478 e. The highest BCUT2D eigenvalue weighted by Crippen LogP contribution is 2.32. The molecule has 2 heterocycles. The van der Waals surface area contributed by atoms with Gasteiger partial charge in [-0.15, -0.1) is 0 Å². The Morgan fingerprint density at radius 3 is 2.39 bits per heavy atom. The summed E-state index contributed by atoms with van der Waals surface area (Å²) in [5.41, 5.74) is 2.51. The Kier molecular flexibility index (Phi) is 8.26. The van der Waals surface area contributed by atoms with Gasteiger partial charge in [-0.3, -0.25) is 4.72 Å². The summed E-state index contributed by atoms with van der Waals surface area (Å²) in [6, 6.07) is 11.0. The molecule has 2 aromatic carbocycles. The van der Waals surface area contributed by atoms with Crippen LogP contribution in [0.3, 0.4) is 0 Å². The lowest BCUT2D eigenvalue weighted by atomic mass is 9.87. The Morgan fingerprint density at radius 1 is 0.947 bits per heavy atom. The molecule has 38 heavy (non-hydrogen) atoms. The molecule has 8 nitrogen and oxygen atoms in total. The fourth-order valence-corrected chi connectivity index (χ4v) is 7.60. The van der Waals surface area contributed by atoms with Gasteiger partial charge >= 0.3 is 5.97 Å². The summed E-state index contributed by atoms with van der Waals surface area (Å²) in [4.78, 5) is 17.3. The fraction of sp³-hybridized carbons (Fsp3) is 0.552. The van der Waals surface area contributed by atoms with E-state index in [0.717, 1.165) is 56.3 Å². The van der Waals surface area contributed by atoms with E-state index in [0.29, 0.717) is 30.6 Å². The molecule has 1 aliphatic carbocycles. The summed E-state index contributed by atoms with van der Waals surface area (Å²) in [5, 5.41) is 13.3. The molecule has 0 atom stereocenters. The van der Waals surface area contributed by atoms with Crippen molar-refractivity contribution in [2.24, 2.45) is 5.92 Å². The molecule has 3 N–H and O–H groups in total. The number of carbonyl (C=O) groups is 1. The highest BCUT2D eigenvalue weighted by Gasteiger charge is 2.29. The third kappa shape index (κ3) is 6.00. The molecule has 0 radical (unpaired) electrons. The number of piperidine rings is 2. The highest BCUT2D eigenvalue weighted by molar-refractivity contribution is 7.92. The van der Waals surface area contributed by atoms with E-state index in [9.17, 15) is 18.3 Å². The summed E-state index contributed by atoms with van der Waals surface area (Å²) < 4.78 is 29.6. The van der Waals surface area contributed by atoms with Gasteiger partial charge in [-0.1, -0.05) is 18.2 Å². The quantitative estimate of drug-likeness (QED) is 0.459. The Hall–Kier alpha value is -2.62. The van der Waals surface area contributed by atoms with Gasteiger partial charge in [0.05, 0.1) is 16.9 Å². The van der Waals surface area contributed by atoms with Crippen LogP contribution in [0.15, 0.2) is 41.3 Å². The van der Waals surface area contributed by atoms with Crippen LogP contribution in [-0.2, 0) is 22.9 Å². The number of anilines is 2. The molecule has 5 rings (SSSR count). The molecular formula is C29H40N4O4S. The van der Waals surface area contributed by atoms with Crippen molar-refractivity contribution >= 4 is 27.4 Å². The number of aryl methyl sites for hydroxylation is 1. The van der Waals surface area contributed by atoms with Gasteiger partial charge < -0.3 is 20.2 Å². The molecule has 206 valence electrons. The molecular weight excluding hydrogens is 500 g/mol. The number of hydrogen-bond acceptors (Lipinski definition) is 6. The van der Waals surface area contributed by atoms with Crippen LogP contribution >= 0.6 is 0 Å². The second-order valence-corrected chi connectivity index (χ2v) is 12.8. The summed E-state index contributed by atoms with van der Waals surface area (Å²) in [7, 11) is -1.80. The van der Waals surface area contributed by atoms with Crippen LogP contribution < -0.4 is 10.0 Å². The molecule has 0 amide bonds. The maximum atomic E-state index is 13.5. The number of aromatic carboxylic acids is 1. The minimum absolute atomic E-state index is 0.0765. The van der Waals surface area contributed by atoms with Gasteiger partial charge in [-0.05, 0) is 120 Å². The lowest BCUT2D eigenvalue weighted by molar-refractivity contribution is 0.0696. The van der Waals surface area contributed by atoms with E-state index in [1.807, 2.05) is 12.1 Å². The minimum atomic E-state index is -4.00. The van der Waals surface area contributed by atoms with Crippen molar-refractivity contribution in [3.8, 4) is 0 Å². The summed E-state index contributed by atoms with van der Waals surface area (Å²) in [5.74, 6) is -0.611. The monoisotopic (exact) mass is 540 g/mol. The van der Waals surface area contributed by atoms with Crippen molar-refractivity contribution in [3.63, 3.8) is 0 Å². The second-order valence-electron chi connectivity index (χ2n) is 11.1. The molecule has 0 bridgehead atoms. The number of benzene rings is 2. The van der Waals surface area contributed by atoms with E-state index >= 15 is 0 Å². The van der Waals surface area contributed by atoms with Gasteiger partial charge in [0.15, 0.2) is 0 Å². The number of nitrogens with zero attached hydrogens (tertiary/aromatic N) is 2. The number of carboxylic acids is 1.